The Balaban J connectivity index is 1.69. The fourth-order valence-corrected chi connectivity index (χ4v) is 8.68. The zero-order chi connectivity index (χ0) is 31.3. The number of ether oxygens (including phenoxy) is 1. The Morgan fingerprint density at radius 1 is 0.795 bits per heavy atom. The van der Waals surface area contributed by atoms with Gasteiger partial charge in [0.15, 0.2) is 0 Å². The molecule has 0 N–H and O–H groups in total. The van der Waals surface area contributed by atoms with Crippen LogP contribution in [0.25, 0.3) is 11.1 Å². The summed E-state index contributed by atoms with van der Waals surface area (Å²) < 4.78 is 37.9. The van der Waals surface area contributed by atoms with Gasteiger partial charge in [0.05, 0.1) is 4.90 Å². The lowest BCUT2D eigenvalue weighted by Gasteiger charge is -2.35. The predicted molar refractivity (Wildman–Crippen MR) is 183 cm³/mol. The Kier molecular flexibility index (Phi) is 8.31. The molecule has 0 amide bonds. The number of hydrogen-bond acceptors (Lipinski definition) is 3. The summed E-state index contributed by atoms with van der Waals surface area (Å²) in [4.78, 5) is 0.303. The maximum Gasteiger partial charge on any atom is 0.243 e. The minimum Gasteiger partial charge on any atom is -0.369 e. The van der Waals surface area contributed by atoms with Gasteiger partial charge in [0.25, 0.3) is 0 Å². The van der Waals surface area contributed by atoms with Gasteiger partial charge in [-0.3, -0.25) is 0 Å². The van der Waals surface area contributed by atoms with Gasteiger partial charge >= 0.3 is 0 Å². The summed E-state index contributed by atoms with van der Waals surface area (Å²) in [6.45, 7) is 13.5. The summed E-state index contributed by atoms with van der Waals surface area (Å²) in [7, 11) is -3.82. The molecule has 1 aliphatic heterocycles. The van der Waals surface area contributed by atoms with E-state index in [1.54, 1.807) is 16.4 Å². The van der Waals surface area contributed by atoms with E-state index in [1.807, 2.05) is 38.1 Å². The van der Waals surface area contributed by atoms with Crippen LogP contribution in [0.15, 0.2) is 99.4 Å². The van der Waals surface area contributed by atoms with Crippen molar-refractivity contribution in [1.29, 1.82) is 0 Å². The molecule has 1 atom stereocenters. The van der Waals surface area contributed by atoms with E-state index in [4.69, 9.17) is 4.74 Å². The van der Waals surface area contributed by atoms with E-state index >= 15 is 0 Å². The number of halogens is 1. The van der Waals surface area contributed by atoms with Crippen molar-refractivity contribution in [3.8, 4) is 0 Å². The summed E-state index contributed by atoms with van der Waals surface area (Å²) in [5, 5.41) is 0. The lowest BCUT2D eigenvalue weighted by atomic mass is 9.87. The van der Waals surface area contributed by atoms with Crippen molar-refractivity contribution < 1.29 is 13.2 Å². The van der Waals surface area contributed by atoms with Crippen molar-refractivity contribution in [1.82, 2.24) is 4.31 Å². The van der Waals surface area contributed by atoms with Gasteiger partial charge in [-0.25, -0.2) is 8.42 Å². The number of benzene rings is 4. The van der Waals surface area contributed by atoms with E-state index in [0.717, 1.165) is 49.0 Å². The first-order valence-corrected chi connectivity index (χ1v) is 17.3. The predicted octanol–water partition coefficient (Wildman–Crippen LogP) is 9.04. The normalized spacial score (nSPS) is 15.9. The first kappa shape index (κ1) is 30.7. The van der Waals surface area contributed by atoms with Gasteiger partial charge in [-0.1, -0.05) is 92.8 Å². The summed E-state index contributed by atoms with van der Waals surface area (Å²) in [5.41, 5.74) is 14.4. The van der Waals surface area contributed by atoms with Crippen LogP contribution >= 0.6 is 15.9 Å². The second-order valence-electron chi connectivity index (χ2n) is 12.1. The summed E-state index contributed by atoms with van der Waals surface area (Å²) in [6, 6.07) is 26.4. The van der Waals surface area contributed by atoms with Gasteiger partial charge in [-0.15, -0.1) is 0 Å². The lowest BCUT2D eigenvalue weighted by Crippen LogP contribution is -2.39. The number of fused-ring (bicyclic) bond motifs is 3. The number of rotatable bonds is 7. The summed E-state index contributed by atoms with van der Waals surface area (Å²) >= 11 is 3.65. The number of aryl methyl sites for hydroxylation is 5. The molecular weight excluding hydrogens is 630 g/mol. The fraction of sp³-hybridized carbons (Fsp3) is 0.263. The smallest absolute Gasteiger partial charge is 0.243 e. The van der Waals surface area contributed by atoms with Crippen molar-refractivity contribution in [2.75, 3.05) is 19.7 Å². The zero-order valence-electron chi connectivity index (χ0n) is 26.2. The molecule has 0 saturated carbocycles. The molecule has 0 saturated heterocycles. The SMILES string of the molecule is CCOC(C1=C2C(=C(c3cc(C)cc(C)c3)c3c(C)cc(C)cc32)CN(S(=O)(=O)c2ccc(C)cc2)C1)c1cccc(Br)c1. The molecule has 4 aromatic carbocycles. The largest absolute Gasteiger partial charge is 0.369 e. The van der Waals surface area contributed by atoms with Crippen LogP contribution < -0.4 is 0 Å². The standard InChI is InChI=1S/C38H38BrNO3S/c1-7-43-38(28-9-8-10-30(39)20-28)34-22-40(44(41,42)31-13-11-23(2)12-14-31)21-33-36(29-17-24(3)15-25(4)18-29)35-27(6)16-26(5)19-32(35)37(33)34/h8-20,38H,7,21-22H2,1-6H3. The first-order chi connectivity index (χ1) is 21.0. The second kappa shape index (κ2) is 11.9. The lowest BCUT2D eigenvalue weighted by molar-refractivity contribution is 0.0848. The third-order valence-electron chi connectivity index (χ3n) is 8.58. The van der Waals surface area contributed by atoms with Crippen LogP contribution in [-0.2, 0) is 14.8 Å². The highest BCUT2D eigenvalue weighted by Gasteiger charge is 2.41. The Bertz CT molecular complexity index is 1930. The van der Waals surface area contributed by atoms with Gasteiger partial charge in [0, 0.05) is 24.2 Å². The number of nitrogens with zero attached hydrogens (tertiary/aromatic N) is 1. The summed E-state index contributed by atoms with van der Waals surface area (Å²) in [6.07, 6.45) is -0.425. The monoisotopic (exact) mass is 667 g/mol. The van der Waals surface area contributed by atoms with Crippen LogP contribution in [0.2, 0.25) is 0 Å². The maximum absolute atomic E-state index is 14.4. The Labute approximate surface area is 270 Å². The number of hydrogen-bond donors (Lipinski definition) is 0. The second-order valence-corrected chi connectivity index (χ2v) is 15.0. The van der Waals surface area contributed by atoms with E-state index in [0.29, 0.717) is 11.5 Å². The molecule has 226 valence electrons. The highest BCUT2D eigenvalue weighted by molar-refractivity contribution is 9.10. The van der Waals surface area contributed by atoms with Crippen molar-refractivity contribution >= 4 is 37.1 Å². The summed E-state index contributed by atoms with van der Waals surface area (Å²) in [5.74, 6) is 0. The average molecular weight is 669 g/mol. The molecule has 1 heterocycles. The zero-order valence-corrected chi connectivity index (χ0v) is 28.6. The molecule has 0 radical (unpaired) electrons. The van der Waals surface area contributed by atoms with Gasteiger partial charge < -0.3 is 4.74 Å². The third-order valence-corrected chi connectivity index (χ3v) is 10.9. The van der Waals surface area contributed by atoms with E-state index in [9.17, 15) is 8.42 Å². The fourth-order valence-electron chi connectivity index (χ4n) is 6.88. The van der Waals surface area contributed by atoms with Crippen molar-refractivity contribution in [2.24, 2.45) is 0 Å². The molecule has 6 heteroatoms. The van der Waals surface area contributed by atoms with Crippen LogP contribution in [0, 0.1) is 34.6 Å². The van der Waals surface area contributed by atoms with Crippen molar-refractivity contribution in [2.45, 2.75) is 52.5 Å². The Morgan fingerprint density at radius 2 is 1.48 bits per heavy atom. The molecule has 2 aliphatic rings. The average Bonchev–Trinajstić information content (AvgIpc) is 3.30. The van der Waals surface area contributed by atoms with Gasteiger partial charge in [-0.05, 0) is 116 Å². The molecule has 0 spiro atoms. The quantitative estimate of drug-likeness (QED) is 0.198. The molecule has 1 aliphatic carbocycles. The highest BCUT2D eigenvalue weighted by Crippen LogP contribution is 2.52. The van der Waals surface area contributed by atoms with E-state index in [2.05, 4.69) is 86.1 Å². The van der Waals surface area contributed by atoms with Crippen LogP contribution in [0.4, 0.5) is 0 Å². The van der Waals surface area contributed by atoms with Crippen LogP contribution in [-0.4, -0.2) is 32.4 Å². The van der Waals surface area contributed by atoms with Crippen LogP contribution in [0.1, 0.15) is 63.1 Å². The Hall–Kier alpha value is -3.29. The molecule has 0 aromatic heterocycles. The van der Waals surface area contributed by atoms with Crippen molar-refractivity contribution in [3.05, 3.63) is 145 Å². The minimum atomic E-state index is -3.82. The first-order valence-electron chi connectivity index (χ1n) is 15.1. The number of sulfonamides is 1. The minimum absolute atomic E-state index is 0.235. The van der Waals surface area contributed by atoms with Crippen LogP contribution in [0.3, 0.4) is 0 Å². The molecular formula is C38H38BrNO3S. The molecule has 0 bridgehead atoms. The topological polar surface area (TPSA) is 46.6 Å². The van der Waals surface area contributed by atoms with Gasteiger partial charge in [0.1, 0.15) is 6.10 Å². The van der Waals surface area contributed by atoms with Crippen LogP contribution in [0.5, 0.6) is 0 Å². The van der Waals surface area contributed by atoms with E-state index in [-0.39, 0.29) is 13.1 Å². The third kappa shape index (κ3) is 5.54. The van der Waals surface area contributed by atoms with Gasteiger partial charge in [0.2, 0.25) is 10.0 Å². The van der Waals surface area contributed by atoms with Crippen molar-refractivity contribution in [3.63, 3.8) is 0 Å². The molecule has 1 unspecified atom stereocenters. The molecule has 4 nitrogen and oxygen atoms in total. The molecule has 0 fully saturated rings. The molecule has 44 heavy (non-hydrogen) atoms. The molecule has 6 rings (SSSR count). The maximum atomic E-state index is 14.4. The van der Waals surface area contributed by atoms with Gasteiger partial charge in [-0.2, -0.15) is 4.31 Å². The molecule has 4 aromatic rings. The highest BCUT2D eigenvalue weighted by atomic mass is 79.9. The van der Waals surface area contributed by atoms with E-state index < -0.39 is 16.1 Å². The Morgan fingerprint density at radius 3 is 2.14 bits per heavy atom. The van der Waals surface area contributed by atoms with E-state index in [1.165, 1.54) is 27.8 Å².